The molecule has 104 valence electrons. The number of hydrogen-bond donors (Lipinski definition) is 1. The number of aromatic nitrogens is 3. The Kier molecular flexibility index (Phi) is 4.24. The van der Waals surface area contributed by atoms with Crippen molar-refractivity contribution in [3.05, 3.63) is 27.5 Å². The molecule has 0 aliphatic heterocycles. The van der Waals surface area contributed by atoms with Crippen molar-refractivity contribution in [2.75, 3.05) is 5.32 Å². The molecule has 2 aromatic heterocycles. The van der Waals surface area contributed by atoms with Crippen molar-refractivity contribution in [1.29, 1.82) is 0 Å². The maximum Gasteiger partial charge on any atom is 0.203 e. The van der Waals surface area contributed by atoms with Crippen molar-refractivity contribution in [3.63, 3.8) is 0 Å². The molecule has 19 heavy (non-hydrogen) atoms. The van der Waals surface area contributed by atoms with Gasteiger partial charge in [-0.3, -0.25) is 0 Å². The highest BCUT2D eigenvalue weighted by Gasteiger charge is 2.15. The summed E-state index contributed by atoms with van der Waals surface area (Å²) in [4.78, 5) is 10.3. The van der Waals surface area contributed by atoms with Crippen molar-refractivity contribution in [2.45, 2.75) is 53.6 Å². The van der Waals surface area contributed by atoms with E-state index in [4.69, 9.17) is 0 Å². The van der Waals surface area contributed by atoms with Crippen LogP contribution in [0.3, 0.4) is 0 Å². The Balaban J connectivity index is 2.18. The van der Waals surface area contributed by atoms with Crippen LogP contribution in [0.2, 0.25) is 0 Å². The van der Waals surface area contributed by atoms with E-state index >= 15 is 0 Å². The minimum atomic E-state index is 0.239. The van der Waals surface area contributed by atoms with Crippen LogP contribution in [0.25, 0.3) is 0 Å². The van der Waals surface area contributed by atoms with Crippen LogP contribution in [0.1, 0.15) is 47.6 Å². The van der Waals surface area contributed by atoms with E-state index in [1.54, 1.807) is 11.3 Å². The Morgan fingerprint density at radius 1 is 1.32 bits per heavy atom. The molecular weight excluding hydrogens is 256 g/mol. The van der Waals surface area contributed by atoms with Crippen molar-refractivity contribution in [3.8, 4) is 0 Å². The first-order chi connectivity index (χ1) is 9.01. The second kappa shape index (κ2) is 5.74. The van der Waals surface area contributed by atoms with Gasteiger partial charge in [-0.05, 0) is 34.1 Å². The van der Waals surface area contributed by atoms with Crippen LogP contribution in [0.15, 0.2) is 6.20 Å². The van der Waals surface area contributed by atoms with Crippen molar-refractivity contribution in [1.82, 2.24) is 14.5 Å². The van der Waals surface area contributed by atoms with Gasteiger partial charge in [-0.2, -0.15) is 0 Å². The molecule has 0 amide bonds. The smallest absolute Gasteiger partial charge is 0.203 e. The van der Waals surface area contributed by atoms with Gasteiger partial charge in [0.1, 0.15) is 0 Å². The maximum atomic E-state index is 4.57. The maximum absolute atomic E-state index is 4.57. The van der Waals surface area contributed by atoms with E-state index in [-0.39, 0.29) is 6.04 Å². The van der Waals surface area contributed by atoms with Gasteiger partial charge in [-0.15, -0.1) is 11.3 Å². The first kappa shape index (κ1) is 14.1. The fourth-order valence-electron chi connectivity index (χ4n) is 2.28. The lowest BCUT2D eigenvalue weighted by Crippen LogP contribution is -2.11. The topological polar surface area (TPSA) is 42.7 Å². The van der Waals surface area contributed by atoms with Gasteiger partial charge in [0.05, 0.1) is 22.4 Å². The van der Waals surface area contributed by atoms with Crippen LogP contribution in [-0.2, 0) is 6.54 Å². The van der Waals surface area contributed by atoms with Gasteiger partial charge in [-0.25, -0.2) is 9.97 Å². The Labute approximate surface area is 118 Å². The third-order valence-corrected chi connectivity index (χ3v) is 4.30. The molecule has 0 spiro atoms. The minimum Gasteiger partial charge on any atom is -0.348 e. The molecular formula is C14H22N4S. The average molecular weight is 278 g/mol. The molecule has 1 unspecified atom stereocenters. The number of anilines is 1. The summed E-state index contributed by atoms with van der Waals surface area (Å²) in [5.41, 5.74) is 2.17. The number of nitrogens with one attached hydrogen (secondary N) is 1. The van der Waals surface area contributed by atoms with Crippen LogP contribution >= 0.6 is 11.3 Å². The second-order valence-corrected chi connectivity index (χ2v) is 6.18. The SMILES string of the molecule is CCCn1cc(C)nc1NC(C)c1sc(C)nc1C. The Morgan fingerprint density at radius 3 is 2.63 bits per heavy atom. The molecule has 2 rings (SSSR count). The summed E-state index contributed by atoms with van der Waals surface area (Å²) in [5.74, 6) is 0.956. The summed E-state index contributed by atoms with van der Waals surface area (Å²) >= 11 is 1.76. The summed E-state index contributed by atoms with van der Waals surface area (Å²) in [6.45, 7) is 11.5. The first-order valence-corrected chi connectivity index (χ1v) is 7.57. The van der Waals surface area contributed by atoms with E-state index in [0.717, 1.165) is 35.3 Å². The number of nitrogens with zero attached hydrogens (tertiary/aromatic N) is 3. The predicted octanol–water partition coefficient (Wildman–Crippen LogP) is 3.85. The van der Waals surface area contributed by atoms with Gasteiger partial charge in [0, 0.05) is 17.6 Å². The number of imidazole rings is 1. The van der Waals surface area contributed by atoms with Gasteiger partial charge >= 0.3 is 0 Å². The fourth-order valence-corrected chi connectivity index (χ4v) is 3.21. The van der Waals surface area contributed by atoms with E-state index < -0.39 is 0 Å². The van der Waals surface area contributed by atoms with Gasteiger partial charge in [0.15, 0.2) is 0 Å². The van der Waals surface area contributed by atoms with Crippen LogP contribution in [0.5, 0.6) is 0 Å². The lowest BCUT2D eigenvalue weighted by molar-refractivity contribution is 0.675. The Morgan fingerprint density at radius 2 is 2.05 bits per heavy atom. The normalized spacial score (nSPS) is 12.7. The van der Waals surface area contributed by atoms with Crippen molar-refractivity contribution in [2.24, 2.45) is 0 Å². The van der Waals surface area contributed by atoms with E-state index in [0.29, 0.717) is 0 Å². The van der Waals surface area contributed by atoms with Gasteiger partial charge < -0.3 is 9.88 Å². The molecule has 0 aromatic carbocycles. The van der Waals surface area contributed by atoms with E-state index in [1.807, 2.05) is 6.92 Å². The highest BCUT2D eigenvalue weighted by atomic mass is 32.1. The van der Waals surface area contributed by atoms with Crippen LogP contribution in [-0.4, -0.2) is 14.5 Å². The number of hydrogen-bond acceptors (Lipinski definition) is 4. The Hall–Kier alpha value is -1.36. The minimum absolute atomic E-state index is 0.239. The van der Waals surface area contributed by atoms with E-state index in [9.17, 15) is 0 Å². The monoisotopic (exact) mass is 278 g/mol. The standard InChI is InChI=1S/C14H22N4S/c1-6-7-18-8-9(2)15-14(18)17-11(4)13-10(3)16-12(5)19-13/h8,11H,6-7H2,1-5H3,(H,15,17). The molecule has 5 heteroatoms. The zero-order chi connectivity index (χ0) is 14.0. The second-order valence-electron chi connectivity index (χ2n) is 4.95. The summed E-state index contributed by atoms with van der Waals surface area (Å²) in [6.07, 6.45) is 3.21. The van der Waals surface area contributed by atoms with Crippen molar-refractivity contribution >= 4 is 17.3 Å². The third kappa shape index (κ3) is 3.15. The molecule has 2 heterocycles. The quantitative estimate of drug-likeness (QED) is 0.903. The summed E-state index contributed by atoms with van der Waals surface area (Å²) < 4.78 is 2.19. The Bertz CT molecular complexity index is 556. The van der Waals surface area contributed by atoms with Gasteiger partial charge in [-0.1, -0.05) is 6.92 Å². The first-order valence-electron chi connectivity index (χ1n) is 6.75. The zero-order valence-electron chi connectivity index (χ0n) is 12.3. The molecule has 0 saturated heterocycles. The summed E-state index contributed by atoms with van der Waals surface area (Å²) in [6, 6.07) is 0.239. The van der Waals surface area contributed by atoms with E-state index in [2.05, 4.69) is 53.7 Å². The lowest BCUT2D eigenvalue weighted by Gasteiger charge is -2.15. The molecule has 1 atom stereocenters. The predicted molar refractivity (Wildman–Crippen MR) is 80.9 cm³/mol. The highest BCUT2D eigenvalue weighted by molar-refractivity contribution is 7.11. The van der Waals surface area contributed by atoms with E-state index in [1.165, 1.54) is 4.88 Å². The van der Waals surface area contributed by atoms with Crippen LogP contribution in [0, 0.1) is 20.8 Å². The molecule has 0 fully saturated rings. The molecule has 2 aromatic rings. The highest BCUT2D eigenvalue weighted by Crippen LogP contribution is 2.27. The average Bonchev–Trinajstić information content (AvgIpc) is 2.83. The van der Waals surface area contributed by atoms with Crippen molar-refractivity contribution < 1.29 is 0 Å². The molecule has 0 radical (unpaired) electrons. The molecule has 1 N–H and O–H groups in total. The number of rotatable bonds is 5. The van der Waals surface area contributed by atoms with Crippen LogP contribution in [0.4, 0.5) is 5.95 Å². The fraction of sp³-hybridized carbons (Fsp3) is 0.571. The van der Waals surface area contributed by atoms with Crippen LogP contribution < -0.4 is 5.32 Å². The molecule has 0 aliphatic carbocycles. The number of thiazole rings is 1. The molecule has 0 saturated carbocycles. The zero-order valence-corrected chi connectivity index (χ0v) is 13.1. The largest absolute Gasteiger partial charge is 0.348 e. The van der Waals surface area contributed by atoms with Gasteiger partial charge in [0.2, 0.25) is 5.95 Å². The third-order valence-electron chi connectivity index (χ3n) is 3.04. The summed E-state index contributed by atoms with van der Waals surface area (Å²) in [7, 11) is 0. The summed E-state index contributed by atoms with van der Waals surface area (Å²) in [5, 5.41) is 4.63. The molecule has 0 bridgehead atoms. The molecule has 0 aliphatic rings. The lowest BCUT2D eigenvalue weighted by atomic mass is 10.2. The number of aryl methyl sites for hydroxylation is 4. The van der Waals surface area contributed by atoms with Gasteiger partial charge in [0.25, 0.3) is 0 Å². The molecule has 4 nitrogen and oxygen atoms in total.